The Labute approximate surface area is 140 Å². The summed E-state index contributed by atoms with van der Waals surface area (Å²) in [7, 11) is 0. The van der Waals surface area contributed by atoms with Crippen molar-refractivity contribution in [3.8, 4) is 0 Å². The molecule has 2 aromatic heterocycles. The number of nitrogens with one attached hydrogen (secondary N) is 1. The summed E-state index contributed by atoms with van der Waals surface area (Å²) in [6.45, 7) is 9.34. The van der Waals surface area contributed by atoms with Crippen molar-refractivity contribution < 1.29 is 9.53 Å². The Morgan fingerprint density at radius 1 is 1.38 bits per heavy atom. The van der Waals surface area contributed by atoms with Gasteiger partial charge in [0.05, 0.1) is 19.6 Å². The summed E-state index contributed by atoms with van der Waals surface area (Å²) in [5, 5.41) is 0.879. The minimum absolute atomic E-state index is 0.186. The molecule has 2 heterocycles. The van der Waals surface area contributed by atoms with E-state index in [0.29, 0.717) is 12.3 Å². The Bertz CT molecular complexity index is 894. The van der Waals surface area contributed by atoms with Crippen molar-refractivity contribution in [1.29, 1.82) is 0 Å². The lowest BCUT2D eigenvalue weighted by Gasteiger charge is -2.16. The molecule has 1 N–H and O–H groups in total. The lowest BCUT2D eigenvalue weighted by atomic mass is 9.91. The normalized spacial score (nSPS) is 11.8. The summed E-state index contributed by atoms with van der Waals surface area (Å²) in [6, 6.07) is 11.5. The highest BCUT2D eigenvalue weighted by Gasteiger charge is 2.21. The third kappa shape index (κ3) is 3.13. The number of ether oxygens (including phenoxy) is 1. The van der Waals surface area contributed by atoms with Gasteiger partial charge in [-0.05, 0) is 30.7 Å². The van der Waals surface area contributed by atoms with Gasteiger partial charge in [0.25, 0.3) is 0 Å². The lowest BCUT2D eigenvalue weighted by Crippen LogP contribution is -2.12. The largest absolute Gasteiger partial charge is 0.466 e. The molecule has 5 heteroatoms. The van der Waals surface area contributed by atoms with Gasteiger partial charge in [-0.3, -0.25) is 9.78 Å². The van der Waals surface area contributed by atoms with Gasteiger partial charge >= 0.3 is 5.97 Å². The van der Waals surface area contributed by atoms with E-state index in [0.717, 1.165) is 22.2 Å². The van der Waals surface area contributed by atoms with E-state index in [9.17, 15) is 4.79 Å². The van der Waals surface area contributed by atoms with Crippen molar-refractivity contribution in [1.82, 2.24) is 9.97 Å². The highest BCUT2D eigenvalue weighted by Crippen LogP contribution is 2.32. The van der Waals surface area contributed by atoms with Crippen LogP contribution in [0.1, 0.15) is 30.5 Å². The SMILES string of the molecule is [C-]#[N+]c1c[nH]c2cc(C(CC(=O)OCC)c3ccccn3)ccc12. The molecule has 3 aromatic rings. The van der Waals surface area contributed by atoms with Crippen molar-refractivity contribution in [2.24, 2.45) is 0 Å². The van der Waals surface area contributed by atoms with Gasteiger partial charge in [0.15, 0.2) is 0 Å². The zero-order valence-corrected chi connectivity index (χ0v) is 13.3. The molecule has 0 aliphatic carbocycles. The first-order valence-corrected chi connectivity index (χ1v) is 7.78. The van der Waals surface area contributed by atoms with E-state index in [1.165, 1.54) is 0 Å². The zero-order chi connectivity index (χ0) is 16.9. The Kier molecular flexibility index (Phi) is 4.57. The molecule has 0 aliphatic rings. The van der Waals surface area contributed by atoms with E-state index < -0.39 is 0 Å². The van der Waals surface area contributed by atoms with Gasteiger partial charge in [0, 0.05) is 34.9 Å². The second-order valence-corrected chi connectivity index (χ2v) is 5.41. The molecular formula is C19H17N3O2. The Morgan fingerprint density at radius 3 is 2.96 bits per heavy atom. The summed E-state index contributed by atoms with van der Waals surface area (Å²) < 4.78 is 5.11. The molecule has 1 aromatic carbocycles. The molecule has 0 spiro atoms. The number of nitrogens with zero attached hydrogens (tertiary/aromatic N) is 2. The average Bonchev–Trinajstić information content (AvgIpc) is 3.03. The molecule has 5 nitrogen and oxygen atoms in total. The summed E-state index contributed by atoms with van der Waals surface area (Å²) in [5.74, 6) is -0.434. The maximum absolute atomic E-state index is 12.0. The first-order valence-electron chi connectivity index (χ1n) is 7.78. The number of pyridine rings is 1. The van der Waals surface area contributed by atoms with E-state index in [1.54, 1.807) is 19.3 Å². The third-order valence-corrected chi connectivity index (χ3v) is 3.93. The molecule has 1 atom stereocenters. The Morgan fingerprint density at radius 2 is 2.25 bits per heavy atom. The van der Waals surface area contributed by atoms with Crippen LogP contribution in [0.15, 0.2) is 48.8 Å². The molecular weight excluding hydrogens is 302 g/mol. The quantitative estimate of drug-likeness (QED) is 0.566. The van der Waals surface area contributed by atoms with Gasteiger partial charge in [-0.1, -0.05) is 18.2 Å². The van der Waals surface area contributed by atoms with Gasteiger partial charge in [0.2, 0.25) is 5.69 Å². The number of hydrogen-bond donors (Lipinski definition) is 1. The number of fused-ring (bicyclic) bond motifs is 1. The predicted octanol–water partition coefficient (Wildman–Crippen LogP) is 4.20. The minimum atomic E-state index is -0.249. The van der Waals surface area contributed by atoms with Gasteiger partial charge in [0.1, 0.15) is 0 Å². The van der Waals surface area contributed by atoms with Crippen LogP contribution in [0.3, 0.4) is 0 Å². The third-order valence-electron chi connectivity index (χ3n) is 3.93. The number of H-pyrrole nitrogens is 1. The number of rotatable bonds is 5. The average molecular weight is 319 g/mol. The molecule has 0 bridgehead atoms. The van der Waals surface area contributed by atoms with Crippen molar-refractivity contribution in [2.75, 3.05) is 6.61 Å². The van der Waals surface area contributed by atoms with Crippen molar-refractivity contribution in [3.05, 3.63) is 71.5 Å². The fourth-order valence-electron chi connectivity index (χ4n) is 2.80. The molecule has 0 amide bonds. The van der Waals surface area contributed by atoms with Crippen LogP contribution in [0.2, 0.25) is 0 Å². The molecule has 0 aliphatic heterocycles. The maximum Gasteiger partial charge on any atom is 0.306 e. The zero-order valence-electron chi connectivity index (χ0n) is 13.3. The summed E-state index contributed by atoms with van der Waals surface area (Å²) in [6.07, 6.45) is 3.65. The monoisotopic (exact) mass is 319 g/mol. The molecule has 0 radical (unpaired) electrons. The van der Waals surface area contributed by atoms with Gasteiger partial charge in [-0.25, -0.2) is 4.85 Å². The second-order valence-electron chi connectivity index (χ2n) is 5.41. The lowest BCUT2D eigenvalue weighted by molar-refractivity contribution is -0.143. The smallest absolute Gasteiger partial charge is 0.306 e. The van der Waals surface area contributed by atoms with Crippen molar-refractivity contribution >= 4 is 22.6 Å². The number of esters is 1. The number of aromatic nitrogens is 2. The fourth-order valence-corrected chi connectivity index (χ4v) is 2.80. The Hall–Kier alpha value is -3.13. The van der Waals surface area contributed by atoms with E-state index in [1.807, 2.05) is 36.4 Å². The van der Waals surface area contributed by atoms with Crippen molar-refractivity contribution in [2.45, 2.75) is 19.3 Å². The molecule has 0 saturated heterocycles. The topological polar surface area (TPSA) is 59.3 Å². The standard InChI is InChI=1S/C19H17N3O2/c1-3-24-19(23)11-15(16-6-4-5-9-21-16)13-7-8-14-17(10-13)22-12-18(14)20-2/h4-10,12,15,22H,3,11H2,1H3. The highest BCUT2D eigenvalue weighted by molar-refractivity contribution is 5.93. The maximum atomic E-state index is 12.0. The van der Waals surface area contributed by atoms with Crippen LogP contribution in [-0.2, 0) is 9.53 Å². The number of carbonyl (C=O) groups excluding carboxylic acids is 1. The summed E-state index contributed by atoms with van der Waals surface area (Å²) >= 11 is 0. The van der Waals surface area contributed by atoms with Gasteiger partial charge in [-0.15, -0.1) is 0 Å². The van der Waals surface area contributed by atoms with E-state index in [-0.39, 0.29) is 18.3 Å². The van der Waals surface area contributed by atoms with E-state index in [4.69, 9.17) is 11.3 Å². The number of aromatic amines is 1. The van der Waals surface area contributed by atoms with Crippen LogP contribution in [0.5, 0.6) is 0 Å². The van der Waals surface area contributed by atoms with Gasteiger partial charge < -0.3 is 9.72 Å². The van der Waals surface area contributed by atoms with E-state index >= 15 is 0 Å². The molecule has 0 fully saturated rings. The fraction of sp³-hybridized carbons (Fsp3) is 0.211. The van der Waals surface area contributed by atoms with Crippen LogP contribution >= 0.6 is 0 Å². The number of hydrogen-bond acceptors (Lipinski definition) is 3. The van der Waals surface area contributed by atoms with E-state index in [2.05, 4.69) is 14.8 Å². The van der Waals surface area contributed by atoms with Crippen LogP contribution in [-0.4, -0.2) is 22.5 Å². The number of benzene rings is 1. The highest BCUT2D eigenvalue weighted by atomic mass is 16.5. The molecule has 120 valence electrons. The second kappa shape index (κ2) is 6.97. The molecule has 24 heavy (non-hydrogen) atoms. The van der Waals surface area contributed by atoms with Crippen molar-refractivity contribution in [3.63, 3.8) is 0 Å². The minimum Gasteiger partial charge on any atom is -0.466 e. The first kappa shape index (κ1) is 15.8. The van der Waals surface area contributed by atoms with Gasteiger partial charge in [-0.2, -0.15) is 0 Å². The molecule has 0 saturated carbocycles. The predicted molar refractivity (Wildman–Crippen MR) is 91.9 cm³/mol. The first-order chi connectivity index (χ1) is 11.7. The van der Waals surface area contributed by atoms with Crippen LogP contribution in [0.4, 0.5) is 5.69 Å². The van der Waals surface area contributed by atoms with Crippen LogP contribution in [0, 0.1) is 6.57 Å². The van der Waals surface area contributed by atoms with Crippen LogP contribution in [0.25, 0.3) is 15.7 Å². The Balaban J connectivity index is 2.01. The molecule has 1 unspecified atom stereocenters. The number of carbonyl (C=O) groups is 1. The molecule has 3 rings (SSSR count). The summed E-state index contributed by atoms with van der Waals surface area (Å²) in [5.41, 5.74) is 3.26. The van der Waals surface area contributed by atoms with Crippen LogP contribution < -0.4 is 0 Å². The summed E-state index contributed by atoms with van der Waals surface area (Å²) in [4.78, 5) is 23.0.